The highest BCUT2D eigenvalue weighted by molar-refractivity contribution is 14.0. The molecule has 28 heavy (non-hydrogen) atoms. The Kier molecular flexibility index (Phi) is 9.36. The van der Waals surface area contributed by atoms with Gasteiger partial charge < -0.3 is 20.4 Å². The van der Waals surface area contributed by atoms with Crippen LogP contribution in [-0.4, -0.2) is 35.4 Å². The van der Waals surface area contributed by atoms with Gasteiger partial charge in [-0.3, -0.25) is 9.79 Å². The molecule has 154 valence electrons. The van der Waals surface area contributed by atoms with Crippen molar-refractivity contribution in [3.8, 4) is 0 Å². The van der Waals surface area contributed by atoms with Gasteiger partial charge in [-0.1, -0.05) is 26.8 Å². The molecule has 1 amide bonds. The molecule has 0 aromatic carbocycles. The summed E-state index contributed by atoms with van der Waals surface area (Å²) in [7, 11) is 1.67. The van der Waals surface area contributed by atoms with Crippen LogP contribution >= 0.6 is 24.0 Å². The molecule has 0 aliphatic carbocycles. The van der Waals surface area contributed by atoms with Gasteiger partial charge in [0, 0.05) is 31.1 Å². The number of pyridine rings is 1. The molecule has 0 radical (unpaired) electrons. The van der Waals surface area contributed by atoms with Gasteiger partial charge in [-0.25, -0.2) is 9.97 Å². The number of hydrogen-bond donors (Lipinski definition) is 3. The van der Waals surface area contributed by atoms with E-state index in [0.717, 1.165) is 11.5 Å². The van der Waals surface area contributed by atoms with E-state index in [-0.39, 0.29) is 35.3 Å². The summed E-state index contributed by atoms with van der Waals surface area (Å²) >= 11 is 0. The Hall–Kier alpha value is -2.17. The molecule has 0 unspecified atom stereocenters. The number of oxazole rings is 1. The molecular formula is C19H29IN6O2. The van der Waals surface area contributed by atoms with Crippen molar-refractivity contribution in [2.24, 2.45) is 4.99 Å². The molecule has 0 bridgehead atoms. The summed E-state index contributed by atoms with van der Waals surface area (Å²) in [6.45, 7) is 8.95. The van der Waals surface area contributed by atoms with Crippen LogP contribution in [0.1, 0.15) is 44.5 Å². The Morgan fingerprint density at radius 3 is 2.61 bits per heavy atom. The second-order valence-corrected chi connectivity index (χ2v) is 7.18. The first-order valence-corrected chi connectivity index (χ1v) is 8.91. The summed E-state index contributed by atoms with van der Waals surface area (Å²) in [5, 5.41) is 8.99. The monoisotopic (exact) mass is 500 g/mol. The van der Waals surface area contributed by atoms with E-state index in [9.17, 15) is 4.79 Å². The fourth-order valence-corrected chi connectivity index (χ4v) is 2.23. The molecule has 0 spiro atoms. The van der Waals surface area contributed by atoms with E-state index >= 15 is 0 Å². The second kappa shape index (κ2) is 11.0. The Morgan fingerprint density at radius 1 is 1.25 bits per heavy atom. The van der Waals surface area contributed by atoms with Crippen LogP contribution in [0.5, 0.6) is 0 Å². The maximum Gasteiger partial charge on any atom is 0.227 e. The Balaban J connectivity index is 0.00000392. The van der Waals surface area contributed by atoms with Crippen molar-refractivity contribution in [2.75, 3.05) is 18.9 Å². The topological polar surface area (TPSA) is 104 Å². The van der Waals surface area contributed by atoms with E-state index in [1.54, 1.807) is 19.3 Å². The van der Waals surface area contributed by atoms with Gasteiger partial charge in [0.2, 0.25) is 11.8 Å². The van der Waals surface area contributed by atoms with Gasteiger partial charge in [0.05, 0.1) is 12.7 Å². The van der Waals surface area contributed by atoms with E-state index in [1.807, 2.05) is 19.1 Å². The molecule has 2 aromatic heterocycles. The van der Waals surface area contributed by atoms with Crippen molar-refractivity contribution in [1.29, 1.82) is 0 Å². The summed E-state index contributed by atoms with van der Waals surface area (Å²) in [5.74, 6) is 2.45. The number of rotatable bonds is 6. The number of carbonyl (C=O) groups is 1. The van der Waals surface area contributed by atoms with Crippen LogP contribution in [0.3, 0.4) is 0 Å². The van der Waals surface area contributed by atoms with Gasteiger partial charge >= 0.3 is 0 Å². The number of guanidine groups is 1. The van der Waals surface area contributed by atoms with Crippen LogP contribution in [0, 0.1) is 6.92 Å². The molecule has 0 fully saturated rings. The minimum absolute atomic E-state index is 0. The van der Waals surface area contributed by atoms with Crippen LogP contribution in [0.4, 0.5) is 5.82 Å². The number of amides is 1. The maximum absolute atomic E-state index is 12.0. The number of aliphatic imine (C=N–C) groups is 1. The van der Waals surface area contributed by atoms with Crippen molar-refractivity contribution in [3.63, 3.8) is 0 Å². The van der Waals surface area contributed by atoms with Crippen molar-refractivity contribution >= 4 is 41.7 Å². The zero-order valence-corrected chi connectivity index (χ0v) is 19.3. The summed E-state index contributed by atoms with van der Waals surface area (Å²) in [4.78, 5) is 24.6. The highest BCUT2D eigenvalue weighted by atomic mass is 127. The maximum atomic E-state index is 12.0. The molecular weight excluding hydrogens is 471 g/mol. The fourth-order valence-electron chi connectivity index (χ4n) is 2.23. The molecule has 0 aliphatic rings. The highest BCUT2D eigenvalue weighted by Gasteiger charge is 2.19. The smallest absolute Gasteiger partial charge is 0.227 e. The lowest BCUT2D eigenvalue weighted by molar-refractivity contribution is -0.116. The number of halogens is 1. The average Bonchev–Trinajstić information content (AvgIpc) is 3.07. The Bertz CT molecular complexity index is 798. The van der Waals surface area contributed by atoms with Gasteiger partial charge in [-0.15, -0.1) is 24.0 Å². The third-order valence-corrected chi connectivity index (χ3v) is 3.72. The van der Waals surface area contributed by atoms with Crippen LogP contribution in [0.2, 0.25) is 0 Å². The van der Waals surface area contributed by atoms with Crippen molar-refractivity contribution < 1.29 is 9.21 Å². The zero-order valence-electron chi connectivity index (χ0n) is 17.0. The number of carbonyl (C=O) groups excluding carboxylic acids is 1. The first kappa shape index (κ1) is 23.9. The number of aryl methyl sites for hydroxylation is 1. The molecule has 9 heteroatoms. The van der Waals surface area contributed by atoms with Crippen molar-refractivity contribution in [3.05, 3.63) is 41.7 Å². The number of anilines is 1. The summed E-state index contributed by atoms with van der Waals surface area (Å²) in [5.41, 5.74) is 0.779. The zero-order chi connectivity index (χ0) is 19.9. The van der Waals surface area contributed by atoms with Crippen LogP contribution < -0.4 is 16.0 Å². The minimum Gasteiger partial charge on any atom is -0.443 e. The van der Waals surface area contributed by atoms with Crippen LogP contribution in [-0.2, 0) is 16.8 Å². The fraction of sp³-hybridized carbons (Fsp3) is 0.474. The van der Waals surface area contributed by atoms with Crippen molar-refractivity contribution in [2.45, 2.75) is 46.1 Å². The Labute approximate surface area is 183 Å². The number of aromatic nitrogens is 2. The van der Waals surface area contributed by atoms with Gasteiger partial charge in [-0.2, -0.15) is 0 Å². The molecule has 8 nitrogen and oxygen atoms in total. The number of nitrogens with zero attached hydrogens (tertiary/aromatic N) is 3. The third-order valence-electron chi connectivity index (χ3n) is 3.72. The standard InChI is InChI=1S/C19H28N6O2.HI/c1-13-7-6-8-15(24-13)25-16(26)9-10-21-18(20-5)23-12-17-22-11-14(27-17)19(2,3)4;/h6-8,11H,9-10,12H2,1-5H3,(H2,20,21,23)(H,24,25,26);1H. The molecule has 0 atom stereocenters. The van der Waals surface area contributed by atoms with Gasteiger partial charge in [-0.05, 0) is 19.1 Å². The van der Waals surface area contributed by atoms with E-state index in [2.05, 4.69) is 51.7 Å². The molecule has 2 rings (SSSR count). The Morgan fingerprint density at radius 2 is 2.00 bits per heavy atom. The number of hydrogen-bond acceptors (Lipinski definition) is 5. The SMILES string of the molecule is CN=C(NCCC(=O)Nc1cccc(C)n1)NCc1ncc(C(C)(C)C)o1.I. The van der Waals surface area contributed by atoms with E-state index < -0.39 is 0 Å². The highest BCUT2D eigenvalue weighted by Crippen LogP contribution is 2.22. The molecule has 2 heterocycles. The first-order valence-electron chi connectivity index (χ1n) is 8.91. The average molecular weight is 500 g/mol. The number of nitrogens with one attached hydrogen (secondary N) is 3. The molecule has 0 saturated heterocycles. The second-order valence-electron chi connectivity index (χ2n) is 7.18. The predicted molar refractivity (Wildman–Crippen MR) is 121 cm³/mol. The lowest BCUT2D eigenvalue weighted by Gasteiger charge is -2.13. The molecule has 0 saturated carbocycles. The van der Waals surface area contributed by atoms with Gasteiger partial charge in [0.1, 0.15) is 11.6 Å². The summed E-state index contributed by atoms with van der Waals surface area (Å²) in [6.07, 6.45) is 2.04. The third kappa shape index (κ3) is 7.83. The first-order chi connectivity index (χ1) is 12.8. The van der Waals surface area contributed by atoms with Crippen LogP contribution in [0.15, 0.2) is 33.8 Å². The lowest BCUT2D eigenvalue weighted by Crippen LogP contribution is -2.38. The predicted octanol–water partition coefficient (Wildman–Crippen LogP) is 2.99. The molecule has 2 aromatic rings. The van der Waals surface area contributed by atoms with Gasteiger partial charge in [0.15, 0.2) is 5.96 Å². The van der Waals surface area contributed by atoms with Crippen molar-refractivity contribution in [1.82, 2.24) is 20.6 Å². The molecule has 0 aliphatic heterocycles. The van der Waals surface area contributed by atoms with Crippen LogP contribution in [0.25, 0.3) is 0 Å². The normalized spacial score (nSPS) is 11.5. The molecule has 3 N–H and O–H groups in total. The lowest BCUT2D eigenvalue weighted by atomic mass is 9.94. The largest absolute Gasteiger partial charge is 0.443 e. The summed E-state index contributed by atoms with van der Waals surface area (Å²) in [6, 6.07) is 5.50. The minimum atomic E-state index is -0.112. The summed E-state index contributed by atoms with van der Waals surface area (Å²) < 4.78 is 5.73. The van der Waals surface area contributed by atoms with E-state index in [0.29, 0.717) is 37.2 Å². The van der Waals surface area contributed by atoms with Gasteiger partial charge in [0.25, 0.3) is 0 Å². The van der Waals surface area contributed by atoms with E-state index in [1.165, 1.54) is 0 Å². The van der Waals surface area contributed by atoms with E-state index in [4.69, 9.17) is 4.42 Å². The quantitative estimate of drug-likeness (QED) is 0.320.